The van der Waals surface area contributed by atoms with E-state index in [1.54, 1.807) is 0 Å². The topological polar surface area (TPSA) is 40.1 Å². The highest BCUT2D eigenvalue weighted by Crippen LogP contribution is 2.38. The minimum atomic E-state index is 0.367. The molecule has 1 N–H and O–H groups in total. The third-order valence-corrected chi connectivity index (χ3v) is 6.55. The first kappa shape index (κ1) is 19.7. The van der Waals surface area contributed by atoms with Crippen LogP contribution in [0.15, 0.2) is 29.3 Å². The van der Waals surface area contributed by atoms with Crippen LogP contribution >= 0.6 is 0 Å². The smallest absolute Gasteiger partial charge is 0.194 e. The lowest BCUT2D eigenvalue weighted by Crippen LogP contribution is -2.41. The fourth-order valence-corrected chi connectivity index (χ4v) is 4.81. The van der Waals surface area contributed by atoms with Crippen molar-refractivity contribution in [3.8, 4) is 0 Å². The van der Waals surface area contributed by atoms with E-state index in [4.69, 9.17) is 9.73 Å². The molecule has 0 aromatic heterocycles. The summed E-state index contributed by atoms with van der Waals surface area (Å²) in [5.74, 6) is 1.06. The fraction of sp³-hybridized carbons (Fsp3) is 0.696. The molecule has 0 saturated carbocycles. The van der Waals surface area contributed by atoms with Gasteiger partial charge in [0.05, 0.1) is 13.2 Å². The SMILES string of the molecule is CCNC(=NCc1ccc(CN2CCCCC2)cc1)N1CCC2(CCOC2)C1. The van der Waals surface area contributed by atoms with Crippen LogP contribution in [0.1, 0.15) is 50.2 Å². The van der Waals surface area contributed by atoms with Crippen molar-refractivity contribution in [2.75, 3.05) is 45.9 Å². The lowest BCUT2D eigenvalue weighted by atomic mass is 9.87. The molecule has 3 aliphatic heterocycles. The molecule has 0 aliphatic carbocycles. The maximum absolute atomic E-state index is 5.67. The normalized spacial score (nSPS) is 26.3. The van der Waals surface area contributed by atoms with E-state index in [1.165, 1.54) is 56.3 Å². The first-order valence-corrected chi connectivity index (χ1v) is 11.2. The van der Waals surface area contributed by atoms with Crippen LogP contribution in [-0.4, -0.2) is 61.7 Å². The number of likely N-dealkylation sites (tertiary alicyclic amines) is 2. The van der Waals surface area contributed by atoms with Crippen LogP contribution < -0.4 is 5.32 Å². The van der Waals surface area contributed by atoms with Gasteiger partial charge in [-0.05, 0) is 56.8 Å². The number of hydrogen-bond donors (Lipinski definition) is 1. The first-order valence-electron chi connectivity index (χ1n) is 11.2. The molecule has 0 radical (unpaired) electrons. The molecule has 1 atom stereocenters. The van der Waals surface area contributed by atoms with Crippen LogP contribution in [0.25, 0.3) is 0 Å². The zero-order valence-electron chi connectivity index (χ0n) is 17.5. The van der Waals surface area contributed by atoms with Gasteiger partial charge in [-0.25, -0.2) is 4.99 Å². The number of nitrogens with zero attached hydrogens (tertiary/aromatic N) is 3. The predicted octanol–water partition coefficient (Wildman–Crippen LogP) is 3.25. The van der Waals surface area contributed by atoms with Gasteiger partial charge in [-0.1, -0.05) is 30.7 Å². The Morgan fingerprint density at radius 3 is 2.57 bits per heavy atom. The monoisotopic (exact) mass is 384 g/mol. The predicted molar refractivity (Wildman–Crippen MR) is 114 cm³/mol. The summed E-state index contributed by atoms with van der Waals surface area (Å²) < 4.78 is 5.67. The summed E-state index contributed by atoms with van der Waals surface area (Å²) in [4.78, 5) is 9.96. The van der Waals surface area contributed by atoms with Gasteiger partial charge < -0.3 is 15.0 Å². The molecule has 0 amide bonds. The third-order valence-electron chi connectivity index (χ3n) is 6.55. The molecule has 1 spiro atoms. The highest BCUT2D eigenvalue weighted by molar-refractivity contribution is 5.80. The molecule has 154 valence electrons. The van der Waals surface area contributed by atoms with E-state index in [2.05, 4.69) is 46.3 Å². The molecule has 1 unspecified atom stereocenters. The maximum Gasteiger partial charge on any atom is 0.194 e. The number of nitrogens with one attached hydrogen (secondary N) is 1. The molecule has 3 saturated heterocycles. The molecule has 1 aromatic carbocycles. The molecule has 3 aliphatic rings. The van der Waals surface area contributed by atoms with Gasteiger partial charge in [0.25, 0.3) is 0 Å². The van der Waals surface area contributed by atoms with Gasteiger partial charge in [-0.2, -0.15) is 0 Å². The van der Waals surface area contributed by atoms with Crippen molar-refractivity contribution in [3.05, 3.63) is 35.4 Å². The summed E-state index contributed by atoms with van der Waals surface area (Å²) >= 11 is 0. The van der Waals surface area contributed by atoms with Crippen molar-refractivity contribution < 1.29 is 4.74 Å². The number of hydrogen-bond acceptors (Lipinski definition) is 3. The standard InChI is InChI=1S/C23H36N4O/c1-2-24-22(27-14-10-23(18-27)11-15-28-19-23)25-16-20-6-8-21(9-7-20)17-26-12-4-3-5-13-26/h6-9H,2-5,10-19H2,1H3,(H,24,25). The van der Waals surface area contributed by atoms with E-state index < -0.39 is 0 Å². The van der Waals surface area contributed by atoms with Crippen LogP contribution in [-0.2, 0) is 17.8 Å². The van der Waals surface area contributed by atoms with Crippen LogP contribution in [0.5, 0.6) is 0 Å². The van der Waals surface area contributed by atoms with Gasteiger partial charge in [0.15, 0.2) is 5.96 Å². The Morgan fingerprint density at radius 1 is 1.07 bits per heavy atom. The van der Waals surface area contributed by atoms with Crippen LogP contribution in [0.4, 0.5) is 0 Å². The number of benzene rings is 1. The van der Waals surface area contributed by atoms with E-state index in [0.29, 0.717) is 5.41 Å². The van der Waals surface area contributed by atoms with Crippen LogP contribution in [0.3, 0.4) is 0 Å². The van der Waals surface area contributed by atoms with Gasteiger partial charge in [0, 0.05) is 38.2 Å². The summed E-state index contributed by atoms with van der Waals surface area (Å²) in [6.07, 6.45) is 6.52. The molecule has 5 nitrogen and oxygen atoms in total. The molecule has 28 heavy (non-hydrogen) atoms. The zero-order chi connectivity index (χ0) is 19.2. The van der Waals surface area contributed by atoms with Crippen molar-refractivity contribution in [2.24, 2.45) is 10.4 Å². The molecule has 3 heterocycles. The summed E-state index contributed by atoms with van der Waals surface area (Å²) in [6.45, 7) is 11.4. The summed E-state index contributed by atoms with van der Waals surface area (Å²) in [5.41, 5.74) is 3.08. The fourth-order valence-electron chi connectivity index (χ4n) is 4.81. The Hall–Kier alpha value is -1.59. The van der Waals surface area contributed by atoms with Crippen molar-refractivity contribution in [1.29, 1.82) is 0 Å². The second kappa shape index (κ2) is 9.27. The van der Waals surface area contributed by atoms with Crippen molar-refractivity contribution >= 4 is 5.96 Å². The molecule has 1 aromatic rings. The van der Waals surface area contributed by atoms with Gasteiger partial charge in [0.1, 0.15) is 0 Å². The highest BCUT2D eigenvalue weighted by atomic mass is 16.5. The van der Waals surface area contributed by atoms with Crippen LogP contribution in [0.2, 0.25) is 0 Å². The lowest BCUT2D eigenvalue weighted by Gasteiger charge is -2.26. The Balaban J connectivity index is 1.34. The second-order valence-corrected chi connectivity index (χ2v) is 8.80. The number of ether oxygens (including phenoxy) is 1. The highest BCUT2D eigenvalue weighted by Gasteiger charge is 2.42. The molecular weight excluding hydrogens is 348 g/mol. The van der Waals surface area contributed by atoms with E-state index in [9.17, 15) is 0 Å². The third kappa shape index (κ3) is 4.87. The van der Waals surface area contributed by atoms with Gasteiger partial charge in [-0.15, -0.1) is 0 Å². The average Bonchev–Trinajstić information content (AvgIpc) is 3.37. The Kier molecular flexibility index (Phi) is 6.53. The van der Waals surface area contributed by atoms with E-state index in [-0.39, 0.29) is 0 Å². The second-order valence-electron chi connectivity index (χ2n) is 8.80. The number of rotatable bonds is 5. The molecule has 5 heteroatoms. The number of aliphatic imine (C=N–C) groups is 1. The molecular formula is C23H36N4O. The number of guanidine groups is 1. The first-order chi connectivity index (χ1) is 13.8. The Labute approximate surface area is 170 Å². The maximum atomic E-state index is 5.67. The summed E-state index contributed by atoms with van der Waals surface area (Å²) in [6, 6.07) is 9.07. The molecule has 3 fully saturated rings. The molecule has 4 rings (SSSR count). The summed E-state index contributed by atoms with van der Waals surface area (Å²) in [7, 11) is 0. The van der Waals surface area contributed by atoms with Crippen molar-refractivity contribution in [3.63, 3.8) is 0 Å². The quantitative estimate of drug-likeness (QED) is 0.625. The minimum absolute atomic E-state index is 0.367. The van der Waals surface area contributed by atoms with E-state index in [0.717, 1.165) is 51.9 Å². The average molecular weight is 385 g/mol. The minimum Gasteiger partial charge on any atom is -0.381 e. The molecule has 0 bridgehead atoms. The van der Waals surface area contributed by atoms with Gasteiger partial charge in [0.2, 0.25) is 0 Å². The van der Waals surface area contributed by atoms with Crippen molar-refractivity contribution in [2.45, 2.75) is 52.1 Å². The van der Waals surface area contributed by atoms with Crippen molar-refractivity contribution in [1.82, 2.24) is 15.1 Å². The Bertz CT molecular complexity index is 645. The lowest BCUT2D eigenvalue weighted by molar-refractivity contribution is 0.156. The van der Waals surface area contributed by atoms with E-state index in [1.807, 2.05) is 0 Å². The summed E-state index contributed by atoms with van der Waals surface area (Å²) in [5, 5.41) is 3.50. The largest absolute Gasteiger partial charge is 0.381 e. The zero-order valence-corrected chi connectivity index (χ0v) is 17.5. The van der Waals surface area contributed by atoms with Gasteiger partial charge in [-0.3, -0.25) is 4.90 Å². The van der Waals surface area contributed by atoms with Gasteiger partial charge >= 0.3 is 0 Å². The number of piperidine rings is 1. The van der Waals surface area contributed by atoms with E-state index >= 15 is 0 Å². The Morgan fingerprint density at radius 2 is 1.86 bits per heavy atom. The van der Waals surface area contributed by atoms with Crippen LogP contribution in [0, 0.1) is 5.41 Å².